The van der Waals surface area contributed by atoms with Crippen molar-refractivity contribution in [2.45, 2.75) is 20.0 Å². The topological polar surface area (TPSA) is 62.0 Å². The molecule has 2 aromatic carbocycles. The number of hydrogen-bond acceptors (Lipinski definition) is 4. The van der Waals surface area contributed by atoms with Gasteiger partial charge in [-0.3, -0.25) is 14.8 Å². The summed E-state index contributed by atoms with van der Waals surface area (Å²) in [4.78, 5) is 19.1. The maximum absolute atomic E-state index is 10.0. The average Bonchev–Trinajstić information content (AvgIpc) is 2.91. The minimum atomic E-state index is -0.125. The number of benzene rings is 2. The number of hydrogen-bond donors (Lipinski definition) is 1. The molecule has 23 heavy (non-hydrogen) atoms. The first-order valence-electron chi connectivity index (χ1n) is 6.91. The van der Waals surface area contributed by atoms with Gasteiger partial charge in [0.15, 0.2) is 5.78 Å². The van der Waals surface area contributed by atoms with E-state index in [1.807, 2.05) is 48.5 Å². The summed E-state index contributed by atoms with van der Waals surface area (Å²) in [6.45, 7) is 2.85. The molecule has 1 N–H and O–H groups in total. The first-order chi connectivity index (χ1) is 10.6. The molecule has 1 heterocycles. The Labute approximate surface area is 148 Å². The maximum atomic E-state index is 10.0. The summed E-state index contributed by atoms with van der Waals surface area (Å²) in [5, 5.41) is 10.3. The molecule has 0 saturated carbocycles. The van der Waals surface area contributed by atoms with Crippen LogP contribution in [0.15, 0.2) is 70.4 Å². The van der Waals surface area contributed by atoms with Crippen LogP contribution in [0.4, 0.5) is 0 Å². The zero-order valence-corrected chi connectivity index (χ0v) is 15.3. The fourth-order valence-corrected chi connectivity index (χ4v) is 1.98. The summed E-state index contributed by atoms with van der Waals surface area (Å²) in [5.41, 5.74) is 1.02. The zero-order valence-electron chi connectivity index (χ0n) is 12.9. The van der Waals surface area contributed by atoms with E-state index in [2.05, 4.69) is 16.1 Å². The van der Waals surface area contributed by atoms with Crippen molar-refractivity contribution in [2.24, 2.45) is 9.98 Å². The van der Waals surface area contributed by atoms with Crippen LogP contribution < -0.4 is 10.7 Å². The number of carbonyl (C=O) groups is 1. The number of ketones is 1. The number of rotatable bonds is 2. The third kappa shape index (κ3) is 5.89. The van der Waals surface area contributed by atoms with Crippen LogP contribution >= 0.6 is 0 Å². The van der Waals surface area contributed by atoms with Gasteiger partial charge < -0.3 is 5.11 Å². The van der Waals surface area contributed by atoms with Gasteiger partial charge in [0.05, 0.1) is 16.5 Å². The molecule has 0 saturated heterocycles. The van der Waals surface area contributed by atoms with E-state index in [4.69, 9.17) is 5.11 Å². The predicted molar refractivity (Wildman–Crippen MR) is 83.8 cm³/mol. The number of carbonyl (C=O) groups excluding carboxylic acids is 1. The van der Waals surface area contributed by atoms with Crippen LogP contribution in [0.25, 0.3) is 0 Å². The van der Waals surface area contributed by atoms with Gasteiger partial charge in [-0.2, -0.15) is 30.3 Å². The number of para-hydroxylation sites is 2. The van der Waals surface area contributed by atoms with Crippen LogP contribution in [0, 0.1) is 6.07 Å². The van der Waals surface area contributed by atoms with Crippen molar-refractivity contribution < 1.29 is 30.0 Å². The first kappa shape index (κ1) is 18.9. The molecule has 121 valence electrons. The number of fused-ring (bicyclic) bond motifs is 1. The van der Waals surface area contributed by atoms with E-state index in [-0.39, 0.29) is 37.8 Å². The second-order valence-corrected chi connectivity index (χ2v) is 4.83. The molecule has 0 amide bonds. The quantitative estimate of drug-likeness (QED) is 0.404. The average molecular weight is 486 g/mol. The van der Waals surface area contributed by atoms with E-state index in [1.54, 1.807) is 0 Å². The van der Waals surface area contributed by atoms with Gasteiger partial charge >= 0.3 is 0 Å². The van der Waals surface area contributed by atoms with Crippen LogP contribution in [-0.2, 0) is 24.9 Å². The Bertz CT molecular complexity index is 762. The molecule has 0 aliphatic carbocycles. The monoisotopic (exact) mass is 486 g/mol. The molecular formula is C18H17IrN2O2-. The van der Waals surface area contributed by atoms with Gasteiger partial charge in [-0.05, 0) is 26.0 Å². The minimum Gasteiger partial charge on any atom is -0.512 e. The molecule has 1 radical (unpaired) electrons. The normalized spacial score (nSPS) is 12.7. The molecule has 0 atom stereocenters. The third-order valence-electron chi connectivity index (χ3n) is 2.83. The standard InChI is InChI=1S/C13H9N2.C5H8O2.Ir/c1-2-6-10(7-3-1)13-14-11-8-4-5-9-12(11)15-13;1-4(6)3-5(2)7;/h1-6,8-9,13H;3,6H,1-2H3;/q-1;;. The summed E-state index contributed by atoms with van der Waals surface area (Å²) in [6.07, 6.45) is 1.06. The van der Waals surface area contributed by atoms with E-state index < -0.39 is 0 Å². The second-order valence-electron chi connectivity index (χ2n) is 4.83. The van der Waals surface area contributed by atoms with Crippen LogP contribution in [0.1, 0.15) is 25.6 Å². The van der Waals surface area contributed by atoms with Crippen molar-refractivity contribution in [1.82, 2.24) is 0 Å². The fraction of sp³-hybridized carbons (Fsp3) is 0.167. The van der Waals surface area contributed by atoms with Gasteiger partial charge in [0.1, 0.15) is 6.17 Å². The van der Waals surface area contributed by atoms with Crippen molar-refractivity contribution in [3.63, 3.8) is 0 Å². The number of allylic oxidation sites excluding steroid dienone is 2. The second kappa shape index (κ2) is 9.13. The molecular weight excluding hydrogens is 468 g/mol. The van der Waals surface area contributed by atoms with E-state index >= 15 is 0 Å². The Morgan fingerprint density at radius 1 is 1.09 bits per heavy atom. The Kier molecular flexibility index (Phi) is 7.52. The Morgan fingerprint density at radius 2 is 1.65 bits per heavy atom. The van der Waals surface area contributed by atoms with Crippen molar-refractivity contribution >= 4 is 5.78 Å². The van der Waals surface area contributed by atoms with E-state index in [0.717, 1.165) is 16.3 Å². The predicted octanol–water partition coefficient (Wildman–Crippen LogP) is 2.47. The van der Waals surface area contributed by atoms with Gasteiger partial charge in [-0.1, -0.05) is 12.1 Å². The summed E-state index contributed by atoms with van der Waals surface area (Å²) in [7, 11) is 0. The van der Waals surface area contributed by atoms with Crippen LogP contribution in [0.5, 0.6) is 0 Å². The Hall–Kier alpha value is -2.10. The zero-order chi connectivity index (χ0) is 15.9. The van der Waals surface area contributed by atoms with Crippen LogP contribution in [0.2, 0.25) is 0 Å². The summed E-state index contributed by atoms with van der Waals surface area (Å²) >= 11 is 0. The molecule has 2 aromatic rings. The summed E-state index contributed by atoms with van der Waals surface area (Å²) < 4.78 is 0. The van der Waals surface area contributed by atoms with E-state index in [0.29, 0.717) is 0 Å². The van der Waals surface area contributed by atoms with Gasteiger partial charge in [-0.25, -0.2) is 0 Å². The van der Waals surface area contributed by atoms with E-state index in [9.17, 15) is 4.79 Å². The molecule has 0 bridgehead atoms. The van der Waals surface area contributed by atoms with Gasteiger partial charge in [0.25, 0.3) is 0 Å². The molecule has 0 spiro atoms. The SMILES string of the molecule is CC(=O)C=C(C)O.[Ir].[c-]1ccccc1C1N=c2ccccc2=N1. The number of nitrogens with zero attached hydrogens (tertiary/aromatic N) is 2. The van der Waals surface area contributed by atoms with E-state index in [1.165, 1.54) is 19.9 Å². The minimum absolute atomic E-state index is 0. The molecule has 1 aliphatic heterocycles. The maximum Gasteiger partial charge on any atom is 0.155 e. The number of aliphatic hydroxyl groups is 1. The smallest absolute Gasteiger partial charge is 0.155 e. The largest absolute Gasteiger partial charge is 0.512 e. The molecule has 5 heteroatoms. The molecule has 1 aliphatic rings. The van der Waals surface area contributed by atoms with Gasteiger partial charge in [-0.15, -0.1) is 5.56 Å². The van der Waals surface area contributed by atoms with Crippen molar-refractivity contribution in [3.8, 4) is 0 Å². The molecule has 0 aromatic heterocycles. The van der Waals surface area contributed by atoms with Gasteiger partial charge in [0.2, 0.25) is 0 Å². The Balaban J connectivity index is 0.000000287. The molecule has 0 fully saturated rings. The Morgan fingerprint density at radius 3 is 2.04 bits per heavy atom. The fourth-order valence-electron chi connectivity index (χ4n) is 1.98. The van der Waals surface area contributed by atoms with Crippen molar-refractivity contribution in [2.75, 3.05) is 0 Å². The molecule has 3 rings (SSSR count). The van der Waals surface area contributed by atoms with Crippen LogP contribution in [0.3, 0.4) is 0 Å². The van der Waals surface area contributed by atoms with Gasteiger partial charge in [0, 0.05) is 26.2 Å². The van der Waals surface area contributed by atoms with Crippen molar-refractivity contribution in [1.29, 1.82) is 0 Å². The molecule has 0 unspecified atom stereocenters. The number of aliphatic hydroxyl groups excluding tert-OH is 1. The van der Waals surface area contributed by atoms with Crippen molar-refractivity contribution in [3.05, 3.63) is 82.7 Å². The molecule has 4 nitrogen and oxygen atoms in total. The summed E-state index contributed by atoms with van der Waals surface area (Å²) in [6, 6.07) is 18.9. The first-order valence-corrected chi connectivity index (χ1v) is 6.91. The summed E-state index contributed by atoms with van der Waals surface area (Å²) in [5.74, 6) is -0.0625. The third-order valence-corrected chi connectivity index (χ3v) is 2.83. The van der Waals surface area contributed by atoms with Crippen LogP contribution in [-0.4, -0.2) is 10.9 Å².